The second-order valence-corrected chi connectivity index (χ2v) is 5.73. The van der Waals surface area contributed by atoms with Gasteiger partial charge in [-0.3, -0.25) is 4.79 Å². The van der Waals surface area contributed by atoms with E-state index in [0.29, 0.717) is 5.92 Å². The molecule has 1 aliphatic rings. The Kier molecular flexibility index (Phi) is 5.64. The molecule has 2 rings (SSSR count). The Balaban J connectivity index is 1.81. The van der Waals surface area contributed by atoms with Crippen molar-refractivity contribution in [1.29, 1.82) is 0 Å². The van der Waals surface area contributed by atoms with E-state index in [4.69, 9.17) is 0 Å². The lowest BCUT2D eigenvalue weighted by atomic mass is 9.93. The van der Waals surface area contributed by atoms with Crippen molar-refractivity contribution in [2.24, 2.45) is 5.92 Å². The van der Waals surface area contributed by atoms with Gasteiger partial charge in [0.05, 0.1) is 5.56 Å². The van der Waals surface area contributed by atoms with Crippen LogP contribution < -0.4 is 0 Å². The highest BCUT2D eigenvalue weighted by molar-refractivity contribution is 5.87. The molecule has 0 unspecified atom stereocenters. The number of hydrogen-bond donors (Lipinski definition) is 0. The van der Waals surface area contributed by atoms with Gasteiger partial charge in [-0.05, 0) is 49.0 Å². The van der Waals surface area contributed by atoms with E-state index in [1.807, 2.05) is 12.2 Å². The van der Waals surface area contributed by atoms with Gasteiger partial charge >= 0.3 is 6.18 Å². The fraction of sp³-hybridized carbons (Fsp3) is 0.389. The van der Waals surface area contributed by atoms with Crippen LogP contribution in [0.25, 0.3) is 6.08 Å². The van der Waals surface area contributed by atoms with Crippen LogP contribution in [-0.2, 0) is 11.0 Å². The van der Waals surface area contributed by atoms with Gasteiger partial charge in [-0.25, -0.2) is 0 Å². The molecule has 0 N–H and O–H groups in total. The lowest BCUT2D eigenvalue weighted by molar-refractivity contribution is -0.137. The van der Waals surface area contributed by atoms with Gasteiger partial charge in [0.15, 0.2) is 0 Å². The van der Waals surface area contributed by atoms with Gasteiger partial charge < -0.3 is 4.90 Å². The Labute approximate surface area is 134 Å². The number of allylic oxidation sites excluding steroid dienone is 1. The van der Waals surface area contributed by atoms with Gasteiger partial charge in [0, 0.05) is 13.1 Å². The molecule has 0 saturated carbocycles. The van der Waals surface area contributed by atoms with Crippen LogP contribution in [0.3, 0.4) is 0 Å². The number of likely N-dealkylation sites (tertiary alicyclic amines) is 1. The average molecular weight is 323 g/mol. The zero-order valence-corrected chi connectivity index (χ0v) is 12.9. The molecule has 124 valence electrons. The number of nitrogens with zero attached hydrogens (tertiary/aromatic N) is 1. The number of benzene rings is 1. The van der Waals surface area contributed by atoms with Crippen molar-refractivity contribution in [3.63, 3.8) is 0 Å². The number of piperidine rings is 1. The van der Waals surface area contributed by atoms with Crippen LogP contribution in [0, 0.1) is 5.92 Å². The van der Waals surface area contributed by atoms with Crippen LogP contribution in [0.1, 0.15) is 30.4 Å². The van der Waals surface area contributed by atoms with E-state index in [0.717, 1.165) is 50.0 Å². The zero-order valence-electron chi connectivity index (χ0n) is 12.9. The Morgan fingerprint density at radius 2 is 1.83 bits per heavy atom. The monoisotopic (exact) mass is 323 g/mol. The van der Waals surface area contributed by atoms with Crippen LogP contribution in [-0.4, -0.2) is 23.9 Å². The van der Waals surface area contributed by atoms with E-state index in [9.17, 15) is 18.0 Å². The summed E-state index contributed by atoms with van der Waals surface area (Å²) >= 11 is 0. The SMILES string of the molecule is C=CC(=O)N1CCC(CC=Cc2ccc(C(F)(F)F)cc2)CC1. The fourth-order valence-corrected chi connectivity index (χ4v) is 2.70. The normalized spacial score (nSPS) is 16.7. The number of rotatable bonds is 4. The molecular weight excluding hydrogens is 303 g/mol. The molecule has 0 radical (unpaired) electrons. The first-order valence-corrected chi connectivity index (χ1v) is 7.65. The largest absolute Gasteiger partial charge is 0.416 e. The molecule has 5 heteroatoms. The van der Waals surface area contributed by atoms with Crippen molar-refractivity contribution < 1.29 is 18.0 Å². The fourth-order valence-electron chi connectivity index (χ4n) is 2.70. The standard InChI is InChI=1S/C18H20F3NO/c1-2-17(23)22-12-10-15(11-13-22)5-3-4-14-6-8-16(9-7-14)18(19,20)21/h2-4,6-9,15H,1,5,10-13H2. The van der Waals surface area contributed by atoms with Gasteiger partial charge in [-0.2, -0.15) is 13.2 Å². The van der Waals surface area contributed by atoms with Gasteiger partial charge in [0.2, 0.25) is 5.91 Å². The molecule has 23 heavy (non-hydrogen) atoms. The third kappa shape index (κ3) is 4.98. The minimum atomic E-state index is -4.29. The summed E-state index contributed by atoms with van der Waals surface area (Å²) in [7, 11) is 0. The summed E-state index contributed by atoms with van der Waals surface area (Å²) in [6.45, 7) is 4.97. The second-order valence-electron chi connectivity index (χ2n) is 5.73. The van der Waals surface area contributed by atoms with Crippen LogP contribution in [0.5, 0.6) is 0 Å². The number of alkyl halides is 3. The van der Waals surface area contributed by atoms with E-state index in [-0.39, 0.29) is 5.91 Å². The third-order valence-electron chi connectivity index (χ3n) is 4.12. The van der Waals surface area contributed by atoms with Crippen LogP contribution in [0.2, 0.25) is 0 Å². The maximum atomic E-state index is 12.5. The molecule has 1 heterocycles. The molecule has 2 nitrogen and oxygen atoms in total. The van der Waals surface area contributed by atoms with Gasteiger partial charge in [-0.15, -0.1) is 0 Å². The minimum Gasteiger partial charge on any atom is -0.339 e. The van der Waals surface area contributed by atoms with Crippen LogP contribution in [0.15, 0.2) is 43.0 Å². The molecular formula is C18H20F3NO. The van der Waals surface area contributed by atoms with Crippen molar-refractivity contribution in [3.05, 3.63) is 54.1 Å². The van der Waals surface area contributed by atoms with Gasteiger partial charge in [0.1, 0.15) is 0 Å². The first-order chi connectivity index (χ1) is 10.9. The first-order valence-electron chi connectivity index (χ1n) is 7.65. The molecule has 1 aromatic carbocycles. The Hall–Kier alpha value is -2.04. The van der Waals surface area contributed by atoms with E-state index in [1.54, 1.807) is 4.90 Å². The number of carbonyl (C=O) groups excluding carboxylic acids is 1. The summed E-state index contributed by atoms with van der Waals surface area (Å²) in [5, 5.41) is 0. The molecule has 1 aromatic rings. The summed E-state index contributed by atoms with van der Waals surface area (Å²) in [6.07, 6.45) is 3.65. The molecule has 0 bridgehead atoms. The lowest BCUT2D eigenvalue weighted by Crippen LogP contribution is -2.37. The van der Waals surface area contributed by atoms with E-state index in [2.05, 4.69) is 6.58 Å². The Bertz CT molecular complexity index is 567. The molecule has 1 amide bonds. The molecule has 0 atom stereocenters. The van der Waals surface area contributed by atoms with E-state index in [1.165, 1.54) is 18.2 Å². The third-order valence-corrected chi connectivity index (χ3v) is 4.12. The maximum Gasteiger partial charge on any atom is 0.416 e. The molecule has 1 aliphatic heterocycles. The number of carbonyl (C=O) groups is 1. The van der Waals surface area contributed by atoms with E-state index >= 15 is 0 Å². The number of halogens is 3. The number of amides is 1. The average Bonchev–Trinajstić information content (AvgIpc) is 2.54. The predicted octanol–water partition coefficient (Wildman–Crippen LogP) is 4.53. The van der Waals surface area contributed by atoms with Crippen molar-refractivity contribution in [3.8, 4) is 0 Å². The molecule has 0 aliphatic carbocycles. The highest BCUT2D eigenvalue weighted by Crippen LogP contribution is 2.29. The smallest absolute Gasteiger partial charge is 0.339 e. The molecule has 1 saturated heterocycles. The lowest BCUT2D eigenvalue weighted by Gasteiger charge is -2.30. The highest BCUT2D eigenvalue weighted by atomic mass is 19.4. The van der Waals surface area contributed by atoms with E-state index < -0.39 is 11.7 Å². The molecule has 0 spiro atoms. The Morgan fingerprint density at radius 3 is 2.35 bits per heavy atom. The van der Waals surface area contributed by atoms with Crippen LogP contribution >= 0.6 is 0 Å². The quantitative estimate of drug-likeness (QED) is 0.745. The van der Waals surface area contributed by atoms with Crippen molar-refractivity contribution in [1.82, 2.24) is 4.90 Å². The minimum absolute atomic E-state index is 0.0243. The highest BCUT2D eigenvalue weighted by Gasteiger charge is 2.29. The molecule has 0 aromatic heterocycles. The Morgan fingerprint density at radius 1 is 1.22 bits per heavy atom. The van der Waals surface area contributed by atoms with Gasteiger partial charge in [-0.1, -0.05) is 30.9 Å². The predicted molar refractivity (Wildman–Crippen MR) is 84.6 cm³/mol. The van der Waals surface area contributed by atoms with Crippen molar-refractivity contribution >= 4 is 12.0 Å². The summed E-state index contributed by atoms with van der Waals surface area (Å²) in [6, 6.07) is 5.15. The van der Waals surface area contributed by atoms with Crippen LogP contribution in [0.4, 0.5) is 13.2 Å². The van der Waals surface area contributed by atoms with Crippen molar-refractivity contribution in [2.75, 3.05) is 13.1 Å². The topological polar surface area (TPSA) is 20.3 Å². The summed E-state index contributed by atoms with van der Waals surface area (Å²) in [5.74, 6) is 0.485. The number of hydrogen-bond acceptors (Lipinski definition) is 1. The summed E-state index contributed by atoms with van der Waals surface area (Å²) in [5.41, 5.74) is 0.131. The summed E-state index contributed by atoms with van der Waals surface area (Å²) in [4.78, 5) is 13.3. The second kappa shape index (κ2) is 7.49. The zero-order chi connectivity index (χ0) is 16.9. The van der Waals surface area contributed by atoms with Gasteiger partial charge in [0.25, 0.3) is 0 Å². The molecule has 1 fully saturated rings. The first kappa shape index (κ1) is 17.3. The maximum absolute atomic E-state index is 12.5. The summed E-state index contributed by atoms with van der Waals surface area (Å²) < 4.78 is 37.4. The van der Waals surface area contributed by atoms with Crippen molar-refractivity contribution in [2.45, 2.75) is 25.4 Å².